The van der Waals surface area contributed by atoms with E-state index in [-0.39, 0.29) is 36.4 Å². The lowest BCUT2D eigenvalue weighted by molar-refractivity contribution is -0.133. The number of phenolic OH excluding ortho intramolecular Hbond substituents is 1. The average molecular weight is 553 g/mol. The summed E-state index contributed by atoms with van der Waals surface area (Å²) in [5, 5.41) is 10.9. The number of nitrogens with zero attached hydrogens (tertiary/aromatic N) is 3. The third-order valence-electron chi connectivity index (χ3n) is 7.79. The van der Waals surface area contributed by atoms with E-state index in [1.165, 1.54) is 17.0 Å². The Kier molecular flexibility index (Phi) is 7.55. The highest BCUT2D eigenvalue weighted by Crippen LogP contribution is 2.49. The summed E-state index contributed by atoms with van der Waals surface area (Å²) in [6, 6.07) is 10.2. The first-order valence-corrected chi connectivity index (χ1v) is 13.5. The maximum atomic E-state index is 13.9. The number of aromatic amines is 1. The number of rotatable bonds is 10. The molecule has 40 heavy (non-hydrogen) atoms. The summed E-state index contributed by atoms with van der Waals surface area (Å²) < 4.78 is 30.6. The lowest BCUT2D eigenvalue weighted by Crippen LogP contribution is -2.53. The van der Waals surface area contributed by atoms with E-state index in [4.69, 9.17) is 0 Å². The van der Waals surface area contributed by atoms with Crippen molar-refractivity contribution in [2.75, 3.05) is 26.7 Å². The second kappa shape index (κ2) is 10.9. The summed E-state index contributed by atoms with van der Waals surface area (Å²) in [6.45, 7) is 2.65. The number of nitrogens with one attached hydrogen (secondary N) is 1. The molecule has 1 fully saturated rings. The first-order valence-electron chi connectivity index (χ1n) is 13.5. The molecule has 3 amide bonds. The van der Waals surface area contributed by atoms with E-state index in [2.05, 4.69) is 33.7 Å². The molecule has 3 heterocycles. The lowest BCUT2D eigenvalue weighted by Gasteiger charge is -2.42. The molecule has 212 valence electrons. The van der Waals surface area contributed by atoms with Gasteiger partial charge in [-0.3, -0.25) is 14.6 Å². The van der Waals surface area contributed by atoms with E-state index in [0.29, 0.717) is 35.1 Å². The van der Waals surface area contributed by atoms with Crippen LogP contribution in [0.15, 0.2) is 54.6 Å². The Morgan fingerprint density at radius 3 is 2.75 bits per heavy atom. The molecular formula is C30H34F2N4O4. The standard InChI is InChI=1S/C30H34F2N4O4/c1-4-5-6-13-34(3)14-8-15-35-27(38)30(2)18-23-22-17-21(40-28(31)32)11-12-24(22)33-25(23)26(36(30)29(35)39)19-9-7-10-20(37)16-19/h5-7,9-12,16-17,26,28,33,37H,4,8,13-15,18H2,1-3H3/b6-5-/t26-,30+/m1/s1. The number of benzene rings is 2. The predicted octanol–water partition coefficient (Wildman–Crippen LogP) is 5.43. The Balaban J connectivity index is 1.52. The van der Waals surface area contributed by atoms with Gasteiger partial charge in [-0.15, -0.1) is 0 Å². The smallest absolute Gasteiger partial charge is 0.387 e. The van der Waals surface area contributed by atoms with Gasteiger partial charge in [-0.25, -0.2) is 4.79 Å². The molecule has 0 spiro atoms. The van der Waals surface area contributed by atoms with Crippen molar-refractivity contribution >= 4 is 22.8 Å². The quantitative estimate of drug-likeness (QED) is 0.259. The zero-order valence-electron chi connectivity index (χ0n) is 22.9. The third kappa shape index (κ3) is 4.92. The predicted molar refractivity (Wildman–Crippen MR) is 147 cm³/mol. The van der Waals surface area contributed by atoms with Crippen LogP contribution in [-0.2, 0) is 11.2 Å². The number of fused-ring (bicyclic) bond motifs is 4. The van der Waals surface area contributed by atoms with Crippen LogP contribution in [-0.4, -0.2) is 75.6 Å². The summed E-state index contributed by atoms with van der Waals surface area (Å²) >= 11 is 0. The van der Waals surface area contributed by atoms with Crippen molar-refractivity contribution in [3.8, 4) is 11.5 Å². The monoisotopic (exact) mass is 552 g/mol. The number of hydrogen-bond acceptors (Lipinski definition) is 5. The van der Waals surface area contributed by atoms with Gasteiger partial charge in [0.2, 0.25) is 0 Å². The van der Waals surface area contributed by atoms with Crippen molar-refractivity contribution in [1.29, 1.82) is 0 Å². The number of phenols is 1. The van der Waals surface area contributed by atoms with Gasteiger partial charge >= 0.3 is 12.6 Å². The van der Waals surface area contributed by atoms with Crippen LogP contribution in [0.1, 0.15) is 49.6 Å². The number of aromatic nitrogens is 1. The topological polar surface area (TPSA) is 89.1 Å². The highest BCUT2D eigenvalue weighted by molar-refractivity contribution is 6.08. The van der Waals surface area contributed by atoms with Gasteiger partial charge in [-0.1, -0.05) is 31.2 Å². The number of carbonyl (C=O) groups is 2. The first-order chi connectivity index (χ1) is 19.1. The highest BCUT2D eigenvalue weighted by Gasteiger charge is 2.60. The molecule has 0 saturated carbocycles. The Morgan fingerprint density at radius 1 is 1.23 bits per heavy atom. The van der Waals surface area contributed by atoms with Crippen LogP contribution in [0, 0.1) is 0 Å². The zero-order chi connectivity index (χ0) is 28.6. The van der Waals surface area contributed by atoms with E-state index < -0.39 is 18.2 Å². The van der Waals surface area contributed by atoms with E-state index in [1.54, 1.807) is 42.2 Å². The fraction of sp³-hybridized carbons (Fsp3) is 0.400. The van der Waals surface area contributed by atoms with Crippen LogP contribution in [0.5, 0.6) is 11.5 Å². The number of amides is 3. The molecule has 0 bridgehead atoms. The first kappa shape index (κ1) is 27.6. The highest BCUT2D eigenvalue weighted by atomic mass is 19.3. The molecule has 0 unspecified atom stereocenters. The van der Waals surface area contributed by atoms with Crippen molar-refractivity contribution in [2.45, 2.75) is 51.3 Å². The van der Waals surface area contributed by atoms with Gasteiger partial charge in [0.05, 0.1) is 0 Å². The Labute approximate surface area is 231 Å². The maximum absolute atomic E-state index is 13.9. The molecule has 10 heteroatoms. The third-order valence-corrected chi connectivity index (χ3v) is 7.79. The molecule has 3 aromatic rings. The summed E-state index contributed by atoms with van der Waals surface area (Å²) in [5.74, 6) is -0.250. The normalized spacial score (nSPS) is 20.8. The van der Waals surface area contributed by atoms with Gasteiger partial charge in [0, 0.05) is 36.1 Å². The number of allylic oxidation sites excluding steroid dienone is 1. The molecule has 1 aromatic heterocycles. The lowest BCUT2D eigenvalue weighted by atomic mass is 9.81. The van der Waals surface area contributed by atoms with Crippen molar-refractivity contribution in [3.63, 3.8) is 0 Å². The van der Waals surface area contributed by atoms with Crippen LogP contribution in [0.4, 0.5) is 13.6 Å². The average Bonchev–Trinajstić information content (AvgIpc) is 3.34. The number of hydrogen-bond donors (Lipinski definition) is 2. The van der Waals surface area contributed by atoms with Crippen molar-refractivity contribution < 1.29 is 28.2 Å². The van der Waals surface area contributed by atoms with E-state index in [9.17, 15) is 23.5 Å². The molecular weight excluding hydrogens is 518 g/mol. The number of halogens is 2. The number of urea groups is 1. The number of H-pyrrole nitrogens is 1. The number of carbonyl (C=O) groups excluding carboxylic acids is 2. The number of likely N-dealkylation sites (N-methyl/N-ethyl adjacent to an activating group) is 1. The Bertz CT molecular complexity index is 1450. The van der Waals surface area contributed by atoms with Gasteiger partial charge < -0.3 is 19.7 Å². The van der Waals surface area contributed by atoms with Crippen molar-refractivity contribution in [1.82, 2.24) is 19.7 Å². The van der Waals surface area contributed by atoms with Gasteiger partial charge in [0.25, 0.3) is 5.91 Å². The Hall–Kier alpha value is -3.92. The SMILES string of the molecule is CC/C=C\CN(C)CCCN1C(=O)N2[C@H](c3cccc(O)c3)c3[nH]c4ccc(OC(F)F)cc4c3C[C@@]2(C)C1=O. The molecule has 5 rings (SSSR count). The fourth-order valence-corrected chi connectivity index (χ4v) is 5.92. The number of imide groups is 1. The number of alkyl halides is 2. The largest absolute Gasteiger partial charge is 0.508 e. The number of ether oxygens (including phenoxy) is 1. The summed E-state index contributed by atoms with van der Waals surface area (Å²) in [6.07, 6.45) is 6.00. The van der Waals surface area contributed by atoms with Gasteiger partial charge in [-0.05, 0) is 74.8 Å². The molecule has 2 atom stereocenters. The minimum absolute atomic E-state index is 0.0131. The van der Waals surface area contributed by atoms with Crippen molar-refractivity contribution in [3.05, 3.63) is 71.4 Å². The van der Waals surface area contributed by atoms with Crippen LogP contribution >= 0.6 is 0 Å². The minimum Gasteiger partial charge on any atom is -0.508 e. The van der Waals surface area contributed by atoms with Crippen LogP contribution < -0.4 is 4.74 Å². The second-order valence-corrected chi connectivity index (χ2v) is 10.7. The molecule has 2 aliphatic heterocycles. The molecule has 0 radical (unpaired) electrons. The summed E-state index contributed by atoms with van der Waals surface area (Å²) in [4.78, 5) is 36.3. The molecule has 0 aliphatic carbocycles. The summed E-state index contributed by atoms with van der Waals surface area (Å²) in [7, 11) is 2.00. The molecule has 2 N–H and O–H groups in total. The fourth-order valence-electron chi connectivity index (χ4n) is 5.92. The van der Waals surface area contributed by atoms with Crippen LogP contribution in [0.25, 0.3) is 10.9 Å². The van der Waals surface area contributed by atoms with Crippen LogP contribution in [0.3, 0.4) is 0 Å². The van der Waals surface area contributed by atoms with Crippen LogP contribution in [0.2, 0.25) is 0 Å². The zero-order valence-corrected chi connectivity index (χ0v) is 22.9. The van der Waals surface area contributed by atoms with Crippen molar-refractivity contribution in [2.24, 2.45) is 0 Å². The Morgan fingerprint density at radius 2 is 2.02 bits per heavy atom. The van der Waals surface area contributed by atoms with Gasteiger partial charge in [0.15, 0.2) is 0 Å². The van der Waals surface area contributed by atoms with Gasteiger partial charge in [-0.2, -0.15) is 8.78 Å². The van der Waals surface area contributed by atoms with E-state index >= 15 is 0 Å². The summed E-state index contributed by atoms with van der Waals surface area (Å²) in [5.41, 5.74) is 1.54. The minimum atomic E-state index is -2.97. The maximum Gasteiger partial charge on any atom is 0.387 e. The van der Waals surface area contributed by atoms with E-state index in [1.807, 2.05) is 7.05 Å². The molecule has 8 nitrogen and oxygen atoms in total. The molecule has 2 aliphatic rings. The van der Waals surface area contributed by atoms with Gasteiger partial charge in [0.1, 0.15) is 23.1 Å². The molecule has 1 saturated heterocycles. The molecule has 2 aromatic carbocycles. The second-order valence-electron chi connectivity index (χ2n) is 10.7. The number of aromatic hydroxyl groups is 1. The van der Waals surface area contributed by atoms with E-state index in [0.717, 1.165) is 18.5 Å².